The van der Waals surface area contributed by atoms with Crippen molar-refractivity contribution in [2.45, 2.75) is 46.1 Å². The molecule has 0 aliphatic rings. The minimum atomic E-state index is -0.330. The number of nitrogens with two attached hydrogens (primary N) is 1. The average Bonchev–Trinajstić information content (AvgIpc) is 2.28. The fraction of sp³-hybridized carbons (Fsp3) is 0.571. The van der Waals surface area contributed by atoms with Crippen LogP contribution in [-0.4, -0.2) is 5.75 Å². The predicted octanol–water partition coefficient (Wildman–Crippen LogP) is 3.22. The highest BCUT2D eigenvalue weighted by Crippen LogP contribution is 2.26. The van der Waals surface area contributed by atoms with Crippen molar-refractivity contribution in [3.63, 3.8) is 0 Å². The number of benzene rings is 1. The summed E-state index contributed by atoms with van der Waals surface area (Å²) in [4.78, 5) is 0. The molecule has 1 unspecified atom stereocenters. The summed E-state index contributed by atoms with van der Waals surface area (Å²) in [6, 6.07) is 4.55. The molecule has 16 heavy (non-hydrogen) atoms. The second-order valence-corrected chi connectivity index (χ2v) is 5.03. The molecule has 0 fully saturated rings. The number of thiol groups is 1. The van der Waals surface area contributed by atoms with Gasteiger partial charge >= 0.3 is 0 Å². The standard InChI is InChI=1S/C14H23NS/c1-5-11-7-10(3)13(8-12(11)6-2)14(4,15)9-16/h7-8,16H,5-6,9,15H2,1-4H3. The van der Waals surface area contributed by atoms with Gasteiger partial charge in [0.25, 0.3) is 0 Å². The lowest BCUT2D eigenvalue weighted by atomic mass is 9.86. The van der Waals surface area contributed by atoms with Crippen molar-refractivity contribution < 1.29 is 0 Å². The van der Waals surface area contributed by atoms with Crippen molar-refractivity contribution in [3.8, 4) is 0 Å². The maximum atomic E-state index is 6.28. The second-order valence-electron chi connectivity index (χ2n) is 4.72. The molecular weight excluding hydrogens is 214 g/mol. The highest BCUT2D eigenvalue weighted by molar-refractivity contribution is 7.80. The first-order valence-electron chi connectivity index (χ1n) is 5.98. The highest BCUT2D eigenvalue weighted by atomic mass is 32.1. The minimum absolute atomic E-state index is 0.330. The first-order chi connectivity index (χ1) is 7.46. The van der Waals surface area contributed by atoms with Gasteiger partial charge in [0.1, 0.15) is 0 Å². The molecule has 0 bridgehead atoms. The zero-order valence-corrected chi connectivity index (χ0v) is 11.7. The van der Waals surface area contributed by atoms with Crippen molar-refractivity contribution in [2.75, 3.05) is 5.75 Å². The van der Waals surface area contributed by atoms with Crippen LogP contribution in [0.3, 0.4) is 0 Å². The van der Waals surface area contributed by atoms with Crippen molar-refractivity contribution in [1.29, 1.82) is 0 Å². The molecule has 0 aliphatic heterocycles. The van der Waals surface area contributed by atoms with Gasteiger partial charge < -0.3 is 5.73 Å². The van der Waals surface area contributed by atoms with Crippen LogP contribution in [-0.2, 0) is 18.4 Å². The summed E-state index contributed by atoms with van der Waals surface area (Å²) in [7, 11) is 0. The molecular formula is C14H23NS. The predicted molar refractivity (Wildman–Crippen MR) is 75.3 cm³/mol. The number of aryl methyl sites for hydroxylation is 3. The second kappa shape index (κ2) is 5.24. The largest absolute Gasteiger partial charge is 0.321 e. The molecule has 0 saturated heterocycles. The molecule has 1 aromatic carbocycles. The SMILES string of the molecule is CCc1cc(C)c(C(C)(N)CS)cc1CC. The lowest BCUT2D eigenvalue weighted by molar-refractivity contribution is 0.562. The Morgan fingerprint density at radius 3 is 2.12 bits per heavy atom. The maximum Gasteiger partial charge on any atom is 0.0472 e. The van der Waals surface area contributed by atoms with Crippen LogP contribution in [0.1, 0.15) is 43.0 Å². The van der Waals surface area contributed by atoms with Crippen molar-refractivity contribution in [1.82, 2.24) is 0 Å². The first-order valence-corrected chi connectivity index (χ1v) is 6.62. The Balaban J connectivity index is 3.32. The van der Waals surface area contributed by atoms with Gasteiger partial charge in [0.05, 0.1) is 0 Å². The zero-order valence-electron chi connectivity index (χ0n) is 10.8. The molecule has 1 rings (SSSR count). The summed E-state index contributed by atoms with van der Waals surface area (Å²) < 4.78 is 0. The van der Waals surface area contributed by atoms with Gasteiger partial charge in [-0.05, 0) is 48.9 Å². The van der Waals surface area contributed by atoms with E-state index in [4.69, 9.17) is 5.73 Å². The van der Waals surface area contributed by atoms with E-state index in [2.05, 4.69) is 45.5 Å². The Labute approximate surface area is 105 Å². The Morgan fingerprint density at radius 2 is 1.69 bits per heavy atom. The summed E-state index contributed by atoms with van der Waals surface area (Å²) in [5.41, 5.74) is 11.3. The van der Waals surface area contributed by atoms with E-state index < -0.39 is 0 Å². The number of hydrogen-bond acceptors (Lipinski definition) is 2. The Kier molecular flexibility index (Phi) is 4.45. The fourth-order valence-corrected chi connectivity index (χ4v) is 2.34. The van der Waals surface area contributed by atoms with Crippen LogP contribution < -0.4 is 5.73 Å². The van der Waals surface area contributed by atoms with Gasteiger partial charge in [-0.1, -0.05) is 26.0 Å². The Bertz CT molecular complexity index is 369. The minimum Gasteiger partial charge on any atom is -0.321 e. The van der Waals surface area contributed by atoms with Gasteiger partial charge in [-0.3, -0.25) is 0 Å². The quantitative estimate of drug-likeness (QED) is 0.773. The first kappa shape index (κ1) is 13.6. The Hall–Kier alpha value is -0.470. The van der Waals surface area contributed by atoms with Gasteiger partial charge in [-0.2, -0.15) is 12.6 Å². The summed E-state index contributed by atoms with van der Waals surface area (Å²) in [5, 5.41) is 0. The van der Waals surface area contributed by atoms with Crippen LogP contribution in [0, 0.1) is 6.92 Å². The van der Waals surface area contributed by atoms with Crippen LogP contribution >= 0.6 is 12.6 Å². The third-order valence-electron chi connectivity index (χ3n) is 3.25. The van der Waals surface area contributed by atoms with E-state index in [1.54, 1.807) is 0 Å². The summed E-state index contributed by atoms with van der Waals surface area (Å²) in [6.07, 6.45) is 2.16. The van der Waals surface area contributed by atoms with Crippen molar-refractivity contribution in [3.05, 3.63) is 34.4 Å². The molecule has 0 aliphatic carbocycles. The van der Waals surface area contributed by atoms with E-state index in [1.807, 2.05) is 6.92 Å². The normalized spacial score (nSPS) is 14.9. The molecule has 0 saturated carbocycles. The lowest BCUT2D eigenvalue weighted by Gasteiger charge is -2.26. The monoisotopic (exact) mass is 237 g/mol. The Morgan fingerprint density at radius 1 is 1.19 bits per heavy atom. The molecule has 0 heterocycles. The average molecular weight is 237 g/mol. The van der Waals surface area contributed by atoms with Crippen LogP contribution in [0.2, 0.25) is 0 Å². The summed E-state index contributed by atoms with van der Waals surface area (Å²) in [5.74, 6) is 0.669. The molecule has 1 aromatic rings. The van der Waals surface area contributed by atoms with E-state index in [1.165, 1.54) is 22.3 Å². The summed E-state index contributed by atoms with van der Waals surface area (Å²) in [6.45, 7) is 8.59. The third kappa shape index (κ3) is 2.61. The molecule has 1 atom stereocenters. The van der Waals surface area contributed by atoms with Crippen LogP contribution in [0.5, 0.6) is 0 Å². The van der Waals surface area contributed by atoms with Crippen molar-refractivity contribution in [2.24, 2.45) is 5.73 Å². The van der Waals surface area contributed by atoms with Crippen LogP contribution in [0.15, 0.2) is 12.1 Å². The molecule has 1 nitrogen and oxygen atoms in total. The van der Waals surface area contributed by atoms with Gasteiger partial charge in [-0.15, -0.1) is 0 Å². The molecule has 0 radical (unpaired) electrons. The van der Waals surface area contributed by atoms with Gasteiger partial charge in [-0.25, -0.2) is 0 Å². The fourth-order valence-electron chi connectivity index (χ4n) is 2.17. The lowest BCUT2D eigenvalue weighted by Crippen LogP contribution is -2.36. The number of rotatable bonds is 4. The molecule has 90 valence electrons. The summed E-state index contributed by atoms with van der Waals surface area (Å²) >= 11 is 4.35. The van der Waals surface area contributed by atoms with E-state index in [0.717, 1.165) is 12.8 Å². The van der Waals surface area contributed by atoms with E-state index in [-0.39, 0.29) is 5.54 Å². The van der Waals surface area contributed by atoms with Crippen molar-refractivity contribution >= 4 is 12.6 Å². The van der Waals surface area contributed by atoms with Gasteiger partial charge in [0.2, 0.25) is 0 Å². The molecule has 2 heteroatoms. The molecule has 2 N–H and O–H groups in total. The van der Waals surface area contributed by atoms with Gasteiger partial charge in [0.15, 0.2) is 0 Å². The molecule has 0 amide bonds. The van der Waals surface area contributed by atoms with E-state index in [9.17, 15) is 0 Å². The smallest absolute Gasteiger partial charge is 0.0472 e. The molecule has 0 spiro atoms. The highest BCUT2D eigenvalue weighted by Gasteiger charge is 2.22. The topological polar surface area (TPSA) is 26.0 Å². The zero-order chi connectivity index (χ0) is 12.3. The molecule has 0 aromatic heterocycles. The van der Waals surface area contributed by atoms with Crippen LogP contribution in [0.25, 0.3) is 0 Å². The van der Waals surface area contributed by atoms with Crippen LogP contribution in [0.4, 0.5) is 0 Å². The maximum absolute atomic E-state index is 6.28. The van der Waals surface area contributed by atoms with E-state index in [0.29, 0.717) is 5.75 Å². The third-order valence-corrected chi connectivity index (χ3v) is 3.91. The van der Waals surface area contributed by atoms with Gasteiger partial charge in [0, 0.05) is 11.3 Å². The number of hydrogen-bond donors (Lipinski definition) is 2. The van der Waals surface area contributed by atoms with E-state index >= 15 is 0 Å².